The SMILES string of the molecule is CCNCc1ccc(S(=O)(=O)NCc2ccnn2C)s1. The van der Waals surface area contributed by atoms with Gasteiger partial charge in [0.2, 0.25) is 10.0 Å². The summed E-state index contributed by atoms with van der Waals surface area (Å²) in [5.74, 6) is 0. The molecule has 0 aromatic carbocycles. The lowest BCUT2D eigenvalue weighted by Gasteiger charge is -2.05. The van der Waals surface area contributed by atoms with Crippen molar-refractivity contribution in [3.05, 3.63) is 35.0 Å². The summed E-state index contributed by atoms with van der Waals surface area (Å²) in [6.07, 6.45) is 1.64. The van der Waals surface area contributed by atoms with Crippen LogP contribution in [-0.2, 0) is 30.2 Å². The molecule has 2 heterocycles. The van der Waals surface area contributed by atoms with E-state index in [9.17, 15) is 8.42 Å². The highest BCUT2D eigenvalue weighted by atomic mass is 32.2. The molecular weight excluding hydrogens is 296 g/mol. The summed E-state index contributed by atoms with van der Waals surface area (Å²) >= 11 is 1.29. The number of aryl methyl sites for hydroxylation is 1. The molecule has 0 saturated heterocycles. The Bertz CT molecular complexity index is 661. The number of rotatable bonds is 7. The maximum atomic E-state index is 12.2. The van der Waals surface area contributed by atoms with Crippen LogP contribution in [0.15, 0.2) is 28.6 Å². The van der Waals surface area contributed by atoms with Crippen LogP contribution in [0.3, 0.4) is 0 Å². The maximum absolute atomic E-state index is 12.2. The molecule has 2 rings (SSSR count). The Hall–Kier alpha value is -1.22. The van der Waals surface area contributed by atoms with Crippen molar-refractivity contribution < 1.29 is 8.42 Å². The van der Waals surface area contributed by atoms with E-state index in [1.807, 2.05) is 13.0 Å². The third-order valence-electron chi connectivity index (χ3n) is 2.82. The lowest BCUT2D eigenvalue weighted by atomic mass is 10.4. The monoisotopic (exact) mass is 314 g/mol. The minimum absolute atomic E-state index is 0.235. The standard InChI is InChI=1S/C12H18N4O2S2/c1-3-13-9-11-4-5-12(19-11)20(17,18)15-8-10-6-7-14-16(10)2/h4-7,13,15H,3,8-9H2,1-2H3. The fourth-order valence-corrected chi connectivity index (χ4v) is 4.03. The third kappa shape index (κ3) is 3.66. The summed E-state index contributed by atoms with van der Waals surface area (Å²) in [6.45, 7) is 3.80. The zero-order chi connectivity index (χ0) is 14.6. The molecule has 2 aromatic heterocycles. The van der Waals surface area contributed by atoms with Crippen molar-refractivity contribution in [1.82, 2.24) is 19.8 Å². The van der Waals surface area contributed by atoms with Crippen LogP contribution >= 0.6 is 11.3 Å². The molecule has 0 unspecified atom stereocenters. The van der Waals surface area contributed by atoms with Crippen molar-refractivity contribution in [1.29, 1.82) is 0 Å². The number of hydrogen-bond donors (Lipinski definition) is 2. The van der Waals surface area contributed by atoms with Crippen molar-refractivity contribution in [3.63, 3.8) is 0 Å². The summed E-state index contributed by atoms with van der Waals surface area (Å²) < 4.78 is 28.9. The van der Waals surface area contributed by atoms with Crippen LogP contribution in [0.2, 0.25) is 0 Å². The summed E-state index contributed by atoms with van der Waals surface area (Å²) in [7, 11) is -1.68. The Balaban J connectivity index is 2.03. The Morgan fingerprint density at radius 3 is 2.75 bits per heavy atom. The lowest BCUT2D eigenvalue weighted by molar-refractivity contribution is 0.579. The molecule has 2 N–H and O–H groups in total. The first-order valence-corrected chi connectivity index (χ1v) is 8.59. The molecule has 0 aliphatic carbocycles. The van der Waals surface area contributed by atoms with Gasteiger partial charge in [-0.15, -0.1) is 11.3 Å². The molecule has 8 heteroatoms. The number of thiophene rings is 1. The fourth-order valence-electron chi connectivity index (χ4n) is 1.66. The Kier molecular flexibility index (Phi) is 4.92. The lowest BCUT2D eigenvalue weighted by Crippen LogP contribution is -2.23. The predicted molar refractivity (Wildman–Crippen MR) is 78.9 cm³/mol. The molecule has 0 fully saturated rings. The van der Waals surface area contributed by atoms with Crippen molar-refractivity contribution in [3.8, 4) is 0 Å². The second-order valence-corrected chi connectivity index (χ2v) is 7.43. The fraction of sp³-hybridized carbons (Fsp3) is 0.417. The highest BCUT2D eigenvalue weighted by Crippen LogP contribution is 2.21. The van der Waals surface area contributed by atoms with Gasteiger partial charge in [-0.25, -0.2) is 13.1 Å². The molecule has 0 aliphatic rings. The highest BCUT2D eigenvalue weighted by molar-refractivity contribution is 7.91. The van der Waals surface area contributed by atoms with Crippen molar-refractivity contribution >= 4 is 21.4 Å². The van der Waals surface area contributed by atoms with E-state index in [-0.39, 0.29) is 6.54 Å². The van der Waals surface area contributed by atoms with Crippen LogP contribution in [0.5, 0.6) is 0 Å². The van der Waals surface area contributed by atoms with Gasteiger partial charge in [0, 0.05) is 24.7 Å². The number of hydrogen-bond acceptors (Lipinski definition) is 5. The summed E-state index contributed by atoms with van der Waals surface area (Å²) in [5.41, 5.74) is 0.818. The van der Waals surface area contributed by atoms with Crippen molar-refractivity contribution in [2.45, 2.75) is 24.2 Å². The van der Waals surface area contributed by atoms with Gasteiger partial charge in [-0.05, 0) is 24.7 Å². The first-order chi connectivity index (χ1) is 9.53. The third-order valence-corrected chi connectivity index (χ3v) is 5.80. The molecule has 110 valence electrons. The Morgan fingerprint density at radius 1 is 1.30 bits per heavy atom. The molecule has 2 aromatic rings. The average molecular weight is 314 g/mol. The van der Waals surface area contributed by atoms with E-state index in [0.717, 1.165) is 17.1 Å². The number of nitrogens with one attached hydrogen (secondary N) is 2. The first kappa shape index (κ1) is 15.2. The van der Waals surface area contributed by atoms with E-state index < -0.39 is 10.0 Å². The van der Waals surface area contributed by atoms with Gasteiger partial charge in [0.1, 0.15) is 4.21 Å². The van der Waals surface area contributed by atoms with Gasteiger partial charge in [0.05, 0.1) is 12.2 Å². The highest BCUT2D eigenvalue weighted by Gasteiger charge is 2.17. The van der Waals surface area contributed by atoms with Crippen LogP contribution in [-0.4, -0.2) is 24.7 Å². The second kappa shape index (κ2) is 6.49. The van der Waals surface area contributed by atoms with E-state index >= 15 is 0 Å². The summed E-state index contributed by atoms with van der Waals surface area (Å²) in [6, 6.07) is 5.27. The Labute approximate surface area is 122 Å². The molecule has 0 saturated carbocycles. The quantitative estimate of drug-likeness (QED) is 0.801. The normalized spacial score (nSPS) is 11.9. The minimum Gasteiger partial charge on any atom is -0.312 e. The largest absolute Gasteiger partial charge is 0.312 e. The Morgan fingerprint density at radius 2 is 2.10 bits per heavy atom. The maximum Gasteiger partial charge on any atom is 0.250 e. The van der Waals surface area contributed by atoms with E-state index in [2.05, 4.69) is 15.1 Å². The van der Waals surface area contributed by atoms with E-state index in [4.69, 9.17) is 0 Å². The predicted octanol–water partition coefficient (Wildman–Crippen LogP) is 1.07. The summed E-state index contributed by atoms with van der Waals surface area (Å²) in [5, 5.41) is 7.18. The van der Waals surface area contributed by atoms with Gasteiger partial charge in [-0.3, -0.25) is 4.68 Å². The van der Waals surface area contributed by atoms with E-state index in [1.165, 1.54) is 11.3 Å². The van der Waals surface area contributed by atoms with Crippen LogP contribution in [0.4, 0.5) is 0 Å². The summed E-state index contributed by atoms with van der Waals surface area (Å²) in [4.78, 5) is 1.01. The number of nitrogens with zero attached hydrogens (tertiary/aromatic N) is 2. The molecule has 0 atom stereocenters. The smallest absolute Gasteiger partial charge is 0.250 e. The second-order valence-electron chi connectivity index (χ2n) is 4.27. The molecule has 0 amide bonds. The molecular formula is C12H18N4O2S2. The first-order valence-electron chi connectivity index (χ1n) is 6.29. The number of aromatic nitrogens is 2. The zero-order valence-corrected chi connectivity index (χ0v) is 13.1. The van der Waals surface area contributed by atoms with Gasteiger partial charge in [-0.2, -0.15) is 5.10 Å². The molecule has 0 bridgehead atoms. The number of sulfonamides is 1. The van der Waals surface area contributed by atoms with Gasteiger partial charge in [-0.1, -0.05) is 6.92 Å². The van der Waals surface area contributed by atoms with Crippen LogP contribution in [0.1, 0.15) is 17.5 Å². The van der Waals surface area contributed by atoms with E-state index in [1.54, 1.807) is 30.1 Å². The van der Waals surface area contributed by atoms with Crippen LogP contribution in [0, 0.1) is 0 Å². The average Bonchev–Trinajstić information content (AvgIpc) is 3.03. The molecule has 6 nitrogen and oxygen atoms in total. The minimum atomic E-state index is -3.46. The van der Waals surface area contributed by atoms with E-state index in [0.29, 0.717) is 10.8 Å². The molecule has 20 heavy (non-hydrogen) atoms. The van der Waals surface area contributed by atoms with Gasteiger partial charge < -0.3 is 5.32 Å². The van der Waals surface area contributed by atoms with Crippen molar-refractivity contribution in [2.75, 3.05) is 6.54 Å². The van der Waals surface area contributed by atoms with Crippen LogP contribution in [0.25, 0.3) is 0 Å². The van der Waals surface area contributed by atoms with Gasteiger partial charge in [0.25, 0.3) is 0 Å². The van der Waals surface area contributed by atoms with Crippen molar-refractivity contribution in [2.24, 2.45) is 7.05 Å². The van der Waals surface area contributed by atoms with Crippen LogP contribution < -0.4 is 10.0 Å². The topological polar surface area (TPSA) is 76.0 Å². The van der Waals surface area contributed by atoms with Gasteiger partial charge >= 0.3 is 0 Å². The van der Waals surface area contributed by atoms with Gasteiger partial charge in [0.15, 0.2) is 0 Å². The molecule has 0 spiro atoms. The molecule has 0 radical (unpaired) electrons. The molecule has 0 aliphatic heterocycles. The zero-order valence-electron chi connectivity index (χ0n) is 11.5.